The monoisotopic (exact) mass is 353 g/mol. The van der Waals surface area contributed by atoms with E-state index in [1.807, 2.05) is 4.90 Å². The molecule has 0 spiro atoms. The molecule has 3 rings (SSSR count). The summed E-state index contributed by atoms with van der Waals surface area (Å²) in [6.45, 7) is 1.93. The van der Waals surface area contributed by atoms with E-state index in [0.717, 1.165) is 25.9 Å². The number of hydrogen-bond acceptors (Lipinski definition) is 4. The van der Waals surface area contributed by atoms with Gasteiger partial charge < -0.3 is 20.7 Å². The highest BCUT2D eigenvalue weighted by molar-refractivity contribution is 5.93. The number of hydrogen-bond donors (Lipinski definition) is 2. The molecule has 0 radical (unpaired) electrons. The summed E-state index contributed by atoms with van der Waals surface area (Å²) in [5, 5.41) is 3.57. The van der Waals surface area contributed by atoms with Gasteiger partial charge in [0.05, 0.1) is 13.0 Å². The molecule has 0 aliphatic carbocycles. The number of fused-ring (bicyclic) bond motifs is 2. The maximum Gasteiger partial charge on any atom is 0.248 e. The summed E-state index contributed by atoms with van der Waals surface area (Å²) < 4.78 is 5.58. The highest BCUT2D eigenvalue weighted by Gasteiger charge is 2.30. The van der Waals surface area contributed by atoms with E-state index in [4.69, 9.17) is 10.5 Å². The van der Waals surface area contributed by atoms with Crippen LogP contribution in [-0.4, -0.2) is 48.5 Å². The number of nitrogens with one attached hydrogen (secondary N) is 1. The van der Waals surface area contributed by atoms with E-state index >= 15 is 0 Å². The lowest BCUT2D eigenvalue weighted by molar-refractivity contribution is -0.131. The van der Waals surface area contributed by atoms with Gasteiger partial charge in [0.1, 0.15) is 5.75 Å². The van der Waals surface area contributed by atoms with Crippen LogP contribution in [0.5, 0.6) is 5.75 Å². The molecule has 2 unspecified atom stereocenters. The van der Waals surface area contributed by atoms with Gasteiger partial charge in [-0.3, -0.25) is 9.59 Å². The third kappa shape index (κ3) is 4.61. The van der Waals surface area contributed by atoms with Crippen molar-refractivity contribution in [2.45, 2.75) is 37.8 Å². The summed E-state index contributed by atoms with van der Waals surface area (Å²) in [5.74, 6) is 0.203. The smallest absolute Gasteiger partial charge is 0.248 e. The van der Waals surface area contributed by atoms with Gasteiger partial charge >= 0.3 is 0 Å². The molecule has 0 saturated carbocycles. The zero-order valence-corrected chi connectivity index (χ0v) is 14.4. The number of nitrogens with two attached hydrogens (primary N) is 1. The minimum Gasteiger partial charge on any atom is -0.493 e. The number of primary amides is 1. The molecule has 1 aromatic carbocycles. The third-order valence-electron chi connectivity index (χ3n) is 4.58. The molecule has 2 heterocycles. The largest absolute Gasteiger partial charge is 0.493 e. The molecule has 2 fully saturated rings. The Morgan fingerprint density at radius 1 is 1.25 bits per heavy atom. The Kier molecular flexibility index (Phi) is 6.45. The molecule has 2 atom stereocenters. The summed E-state index contributed by atoms with van der Waals surface area (Å²) in [6.07, 6.45) is 3.76. The van der Waals surface area contributed by atoms with Crippen LogP contribution in [0.15, 0.2) is 24.3 Å². The third-order valence-corrected chi connectivity index (χ3v) is 4.58. The van der Waals surface area contributed by atoms with Gasteiger partial charge in [-0.05, 0) is 37.5 Å². The SMILES string of the molecule is Cl.NC(=O)c1cccc(OCCC(=O)N2CCC3CCC(C2)N3)c1. The average molecular weight is 354 g/mol. The molecule has 2 amide bonds. The van der Waals surface area contributed by atoms with Crippen molar-refractivity contribution in [1.29, 1.82) is 0 Å². The minimum atomic E-state index is -0.487. The van der Waals surface area contributed by atoms with E-state index in [0.29, 0.717) is 36.4 Å². The fourth-order valence-corrected chi connectivity index (χ4v) is 3.32. The number of likely N-dealkylation sites (tertiary alicyclic amines) is 1. The second-order valence-electron chi connectivity index (χ2n) is 6.26. The fraction of sp³-hybridized carbons (Fsp3) is 0.529. The zero-order chi connectivity index (χ0) is 16.2. The maximum absolute atomic E-state index is 12.3. The number of ether oxygens (including phenoxy) is 1. The van der Waals surface area contributed by atoms with Gasteiger partial charge in [-0.15, -0.1) is 12.4 Å². The molecule has 1 aromatic rings. The molecule has 132 valence electrons. The number of halogens is 1. The van der Waals surface area contributed by atoms with Crippen molar-refractivity contribution >= 4 is 24.2 Å². The van der Waals surface area contributed by atoms with Gasteiger partial charge in [0.15, 0.2) is 0 Å². The Labute approximate surface area is 148 Å². The van der Waals surface area contributed by atoms with E-state index in [-0.39, 0.29) is 18.3 Å². The van der Waals surface area contributed by atoms with Crippen LogP contribution in [0.1, 0.15) is 36.0 Å². The van der Waals surface area contributed by atoms with Crippen molar-refractivity contribution in [2.24, 2.45) is 5.73 Å². The minimum absolute atomic E-state index is 0. The number of rotatable bonds is 5. The molecule has 2 saturated heterocycles. The molecular formula is C17H24ClN3O3. The standard InChI is InChI=1S/C17H23N3O3.ClH/c18-17(22)12-2-1-3-15(10-12)23-9-7-16(21)20-8-6-13-4-5-14(11-20)19-13;/h1-3,10,13-14,19H,4-9,11H2,(H2,18,22);1H. The molecule has 3 N–H and O–H groups in total. The van der Waals surface area contributed by atoms with Gasteiger partial charge in [-0.1, -0.05) is 6.07 Å². The lowest BCUT2D eigenvalue weighted by Crippen LogP contribution is -2.39. The van der Waals surface area contributed by atoms with Crippen LogP contribution in [0, 0.1) is 0 Å². The average Bonchev–Trinajstić information content (AvgIpc) is 2.86. The second kappa shape index (κ2) is 8.35. The lowest BCUT2D eigenvalue weighted by Gasteiger charge is -2.24. The van der Waals surface area contributed by atoms with Gasteiger partial charge in [0.25, 0.3) is 0 Å². The molecule has 2 aliphatic heterocycles. The van der Waals surface area contributed by atoms with Crippen molar-refractivity contribution < 1.29 is 14.3 Å². The van der Waals surface area contributed by atoms with Crippen LogP contribution in [0.2, 0.25) is 0 Å². The van der Waals surface area contributed by atoms with Gasteiger partial charge in [0, 0.05) is 30.7 Å². The van der Waals surface area contributed by atoms with Crippen LogP contribution < -0.4 is 15.8 Å². The van der Waals surface area contributed by atoms with Crippen LogP contribution in [0.3, 0.4) is 0 Å². The highest BCUT2D eigenvalue weighted by atomic mass is 35.5. The van der Waals surface area contributed by atoms with E-state index in [1.54, 1.807) is 24.3 Å². The molecule has 24 heavy (non-hydrogen) atoms. The topological polar surface area (TPSA) is 84.7 Å². The molecule has 2 aliphatic rings. The Bertz CT molecular complexity index is 596. The molecule has 7 heteroatoms. The van der Waals surface area contributed by atoms with Crippen molar-refractivity contribution in [2.75, 3.05) is 19.7 Å². The molecular weight excluding hydrogens is 330 g/mol. The first-order chi connectivity index (χ1) is 11.1. The van der Waals surface area contributed by atoms with Gasteiger partial charge in [-0.2, -0.15) is 0 Å². The molecule has 0 aromatic heterocycles. The Morgan fingerprint density at radius 3 is 2.83 bits per heavy atom. The van der Waals surface area contributed by atoms with Crippen molar-refractivity contribution in [1.82, 2.24) is 10.2 Å². The van der Waals surface area contributed by atoms with Crippen LogP contribution in [0.4, 0.5) is 0 Å². The summed E-state index contributed by atoms with van der Waals surface area (Å²) >= 11 is 0. The van der Waals surface area contributed by atoms with E-state index in [1.165, 1.54) is 6.42 Å². The summed E-state index contributed by atoms with van der Waals surface area (Å²) in [6, 6.07) is 7.73. The van der Waals surface area contributed by atoms with Crippen LogP contribution in [0.25, 0.3) is 0 Å². The Balaban J connectivity index is 0.00000208. The first-order valence-electron chi connectivity index (χ1n) is 8.18. The predicted molar refractivity (Wildman–Crippen MR) is 93.5 cm³/mol. The van der Waals surface area contributed by atoms with E-state index in [9.17, 15) is 9.59 Å². The van der Waals surface area contributed by atoms with Gasteiger partial charge in [-0.25, -0.2) is 0 Å². The van der Waals surface area contributed by atoms with Gasteiger partial charge in [0.2, 0.25) is 11.8 Å². The number of carbonyl (C=O) groups is 2. The lowest BCUT2D eigenvalue weighted by atomic mass is 10.1. The first-order valence-corrected chi connectivity index (χ1v) is 8.18. The summed E-state index contributed by atoms with van der Waals surface area (Å²) in [7, 11) is 0. The highest BCUT2D eigenvalue weighted by Crippen LogP contribution is 2.21. The van der Waals surface area contributed by atoms with Crippen molar-refractivity contribution in [3.63, 3.8) is 0 Å². The first kappa shape index (κ1) is 18.5. The number of amides is 2. The zero-order valence-electron chi connectivity index (χ0n) is 13.6. The normalized spacial score (nSPS) is 22.4. The Morgan fingerprint density at radius 2 is 2.04 bits per heavy atom. The number of nitrogens with zero attached hydrogens (tertiary/aromatic N) is 1. The van der Waals surface area contributed by atoms with Crippen LogP contribution in [-0.2, 0) is 4.79 Å². The fourth-order valence-electron chi connectivity index (χ4n) is 3.32. The molecule has 6 nitrogen and oxygen atoms in total. The number of carbonyl (C=O) groups excluding carboxylic acids is 2. The van der Waals surface area contributed by atoms with Crippen molar-refractivity contribution in [3.05, 3.63) is 29.8 Å². The van der Waals surface area contributed by atoms with Crippen LogP contribution >= 0.6 is 12.4 Å². The summed E-state index contributed by atoms with van der Waals surface area (Å²) in [4.78, 5) is 25.4. The number of benzene rings is 1. The second-order valence-corrected chi connectivity index (χ2v) is 6.26. The quantitative estimate of drug-likeness (QED) is 0.836. The molecule has 2 bridgehead atoms. The van der Waals surface area contributed by atoms with E-state index in [2.05, 4.69) is 5.32 Å². The van der Waals surface area contributed by atoms with Crippen molar-refractivity contribution in [3.8, 4) is 5.75 Å². The summed E-state index contributed by atoms with van der Waals surface area (Å²) in [5.41, 5.74) is 5.65. The van der Waals surface area contributed by atoms with E-state index < -0.39 is 5.91 Å². The Hall–Kier alpha value is -1.79. The predicted octanol–water partition coefficient (Wildman–Crippen LogP) is 1.33. The maximum atomic E-state index is 12.3.